The number of hydroxylamine groups is 1. The molecule has 1 saturated heterocycles. The Morgan fingerprint density at radius 1 is 0.800 bits per heavy atom. The van der Waals surface area contributed by atoms with Crippen molar-refractivity contribution in [1.29, 1.82) is 0 Å². The molecule has 0 saturated carbocycles. The summed E-state index contributed by atoms with van der Waals surface area (Å²) in [4.78, 5) is 28.8. The molecule has 0 atom stereocenters. The molecule has 0 spiro atoms. The number of ketones is 1. The van der Waals surface area contributed by atoms with Crippen LogP contribution in [-0.4, -0.2) is 48.0 Å². The lowest BCUT2D eigenvalue weighted by molar-refractivity contribution is -0.124. The van der Waals surface area contributed by atoms with Gasteiger partial charge >= 0.3 is 0 Å². The summed E-state index contributed by atoms with van der Waals surface area (Å²) in [5.41, 5.74) is 6.25. The summed E-state index contributed by atoms with van der Waals surface area (Å²) in [6.07, 6.45) is 6.16. The van der Waals surface area contributed by atoms with E-state index in [1.807, 2.05) is 48.5 Å². The van der Waals surface area contributed by atoms with E-state index in [2.05, 4.69) is 40.1 Å². The quantitative estimate of drug-likeness (QED) is 0.222. The molecule has 2 N–H and O–H groups in total. The van der Waals surface area contributed by atoms with E-state index in [1.165, 1.54) is 11.8 Å². The Morgan fingerprint density at radius 2 is 1.49 bits per heavy atom. The number of piperazine rings is 1. The first kappa shape index (κ1) is 24.1. The minimum atomic E-state index is -0.598. The highest BCUT2D eigenvalue weighted by Gasteiger charge is 2.17. The van der Waals surface area contributed by atoms with E-state index in [1.54, 1.807) is 23.7 Å². The van der Waals surface area contributed by atoms with Crippen molar-refractivity contribution in [2.24, 2.45) is 0 Å². The molecule has 1 aliphatic rings. The van der Waals surface area contributed by atoms with Crippen LogP contribution in [0.15, 0.2) is 91.0 Å². The van der Waals surface area contributed by atoms with Crippen LogP contribution in [0.2, 0.25) is 0 Å². The summed E-state index contributed by atoms with van der Waals surface area (Å²) in [6.45, 7) is 4.77. The van der Waals surface area contributed by atoms with Gasteiger partial charge in [0.25, 0.3) is 5.91 Å². The Balaban J connectivity index is 1.34. The van der Waals surface area contributed by atoms with Crippen molar-refractivity contribution in [3.63, 3.8) is 0 Å². The Bertz CT molecular complexity index is 1210. The van der Waals surface area contributed by atoms with Crippen LogP contribution in [-0.2, 0) is 11.3 Å². The second kappa shape index (κ2) is 11.9. The monoisotopic (exact) mass is 467 g/mol. The van der Waals surface area contributed by atoms with Crippen LogP contribution in [0.1, 0.15) is 27.0 Å². The van der Waals surface area contributed by atoms with Gasteiger partial charge in [0.2, 0.25) is 0 Å². The number of hydrogen-bond donors (Lipinski definition) is 2. The van der Waals surface area contributed by atoms with Crippen molar-refractivity contribution < 1.29 is 14.8 Å². The average molecular weight is 468 g/mol. The second-order valence-electron chi connectivity index (χ2n) is 8.48. The lowest BCUT2D eigenvalue weighted by Crippen LogP contribution is -2.45. The summed E-state index contributed by atoms with van der Waals surface area (Å²) in [5, 5.41) is 8.58. The zero-order valence-corrected chi connectivity index (χ0v) is 19.5. The number of amides is 1. The molecule has 3 aromatic rings. The fraction of sp³-hybridized carbons (Fsp3) is 0.172. The minimum absolute atomic E-state index is 0.0543. The van der Waals surface area contributed by atoms with Crippen molar-refractivity contribution in [2.45, 2.75) is 6.54 Å². The predicted octanol–water partition coefficient (Wildman–Crippen LogP) is 4.42. The van der Waals surface area contributed by atoms with E-state index in [0.29, 0.717) is 5.56 Å². The molecule has 3 aromatic carbocycles. The molecule has 6 heteroatoms. The van der Waals surface area contributed by atoms with Gasteiger partial charge in [0, 0.05) is 50.1 Å². The van der Waals surface area contributed by atoms with Gasteiger partial charge in [-0.2, -0.15) is 0 Å². The highest BCUT2D eigenvalue weighted by atomic mass is 16.5. The Morgan fingerprint density at radius 3 is 2.20 bits per heavy atom. The number of benzene rings is 3. The van der Waals surface area contributed by atoms with E-state index < -0.39 is 5.91 Å². The molecular formula is C29H29N3O3. The molecule has 1 fully saturated rings. The largest absolute Gasteiger partial charge is 0.369 e. The molecule has 1 amide bonds. The van der Waals surface area contributed by atoms with Gasteiger partial charge in [-0.1, -0.05) is 60.7 Å². The molecule has 0 bridgehead atoms. The fourth-order valence-corrected chi connectivity index (χ4v) is 4.13. The van der Waals surface area contributed by atoms with Gasteiger partial charge in [0.1, 0.15) is 0 Å². The maximum Gasteiger partial charge on any atom is 0.267 e. The third-order valence-electron chi connectivity index (χ3n) is 5.99. The minimum Gasteiger partial charge on any atom is -0.369 e. The summed E-state index contributed by atoms with van der Waals surface area (Å²) in [7, 11) is 0. The van der Waals surface area contributed by atoms with Crippen LogP contribution >= 0.6 is 0 Å². The Hall–Kier alpha value is -4.00. The molecule has 0 radical (unpaired) electrons. The molecule has 0 aromatic heterocycles. The molecular weight excluding hydrogens is 438 g/mol. The van der Waals surface area contributed by atoms with Crippen LogP contribution in [0, 0.1) is 0 Å². The van der Waals surface area contributed by atoms with Gasteiger partial charge in [-0.25, -0.2) is 5.48 Å². The number of nitrogens with one attached hydrogen (secondary N) is 1. The summed E-state index contributed by atoms with van der Waals surface area (Å²) < 4.78 is 0. The molecule has 35 heavy (non-hydrogen) atoms. The second-order valence-corrected chi connectivity index (χ2v) is 8.48. The van der Waals surface area contributed by atoms with Gasteiger partial charge < -0.3 is 4.90 Å². The molecule has 178 valence electrons. The zero-order chi connectivity index (χ0) is 24.5. The number of nitrogens with zero attached hydrogens (tertiary/aromatic N) is 2. The van der Waals surface area contributed by atoms with Crippen molar-refractivity contribution in [2.75, 3.05) is 31.1 Å². The van der Waals surface area contributed by atoms with Gasteiger partial charge in [0.15, 0.2) is 5.78 Å². The zero-order valence-electron chi connectivity index (χ0n) is 19.5. The van der Waals surface area contributed by atoms with Crippen LogP contribution in [0.25, 0.3) is 12.2 Å². The van der Waals surface area contributed by atoms with Crippen LogP contribution in [0.3, 0.4) is 0 Å². The van der Waals surface area contributed by atoms with E-state index in [-0.39, 0.29) is 5.78 Å². The van der Waals surface area contributed by atoms with Crippen LogP contribution in [0.5, 0.6) is 0 Å². The maximum atomic E-state index is 12.8. The lowest BCUT2D eigenvalue weighted by Gasteiger charge is -2.36. The first-order chi connectivity index (χ1) is 17.1. The molecule has 0 aliphatic carbocycles. The third-order valence-corrected chi connectivity index (χ3v) is 5.99. The normalized spacial score (nSPS) is 14.5. The molecule has 6 nitrogen and oxygen atoms in total. The van der Waals surface area contributed by atoms with Crippen molar-refractivity contribution in [3.8, 4) is 0 Å². The van der Waals surface area contributed by atoms with Gasteiger partial charge in [-0.15, -0.1) is 0 Å². The summed E-state index contributed by atoms with van der Waals surface area (Å²) >= 11 is 0. The Kier molecular flexibility index (Phi) is 8.22. The van der Waals surface area contributed by atoms with E-state index >= 15 is 0 Å². The van der Waals surface area contributed by atoms with Crippen LogP contribution in [0.4, 0.5) is 5.69 Å². The number of rotatable bonds is 8. The first-order valence-electron chi connectivity index (χ1n) is 11.7. The van der Waals surface area contributed by atoms with E-state index in [0.717, 1.165) is 49.4 Å². The van der Waals surface area contributed by atoms with Crippen molar-refractivity contribution in [1.82, 2.24) is 10.4 Å². The Labute approximate surface area is 205 Å². The molecule has 0 unspecified atom stereocenters. The highest BCUT2D eigenvalue weighted by Crippen LogP contribution is 2.18. The number of hydrogen-bond acceptors (Lipinski definition) is 5. The first-order valence-corrected chi connectivity index (χ1v) is 11.7. The van der Waals surface area contributed by atoms with Crippen molar-refractivity contribution >= 4 is 29.5 Å². The number of allylic oxidation sites excluding steroid dienone is 1. The standard InChI is InChI=1S/C29H29N3O3/c33-28(14-12-23-6-4-7-24(20-23)13-15-29(34)30-35)26-9-5-8-25(21-26)22-31-16-18-32(19-17-31)27-10-2-1-3-11-27/h1-15,20-21,35H,16-19,22H2,(H,30,34). The molecule has 1 aliphatic heterocycles. The van der Waals surface area contributed by atoms with Gasteiger partial charge in [-0.3, -0.25) is 19.7 Å². The van der Waals surface area contributed by atoms with E-state index in [4.69, 9.17) is 5.21 Å². The average Bonchev–Trinajstić information content (AvgIpc) is 2.91. The van der Waals surface area contributed by atoms with Gasteiger partial charge in [0.05, 0.1) is 0 Å². The summed E-state index contributed by atoms with van der Waals surface area (Å²) in [5.74, 6) is -0.652. The lowest BCUT2D eigenvalue weighted by atomic mass is 10.0. The smallest absolute Gasteiger partial charge is 0.267 e. The summed E-state index contributed by atoms with van der Waals surface area (Å²) in [6, 6.07) is 25.8. The van der Waals surface area contributed by atoms with Crippen molar-refractivity contribution in [3.05, 3.63) is 113 Å². The number of carbonyl (C=O) groups is 2. The molecule has 1 heterocycles. The SMILES string of the molecule is O=C(C=Cc1cccc(C=CC(=O)c2cccc(CN3CCN(c4ccccc4)CC3)c2)c1)NO. The third kappa shape index (κ3) is 6.99. The number of anilines is 1. The van der Waals surface area contributed by atoms with E-state index in [9.17, 15) is 9.59 Å². The van der Waals surface area contributed by atoms with Crippen LogP contribution < -0.4 is 10.4 Å². The van der Waals surface area contributed by atoms with Gasteiger partial charge in [-0.05, 0) is 53.1 Å². The number of carbonyl (C=O) groups excluding carboxylic acids is 2. The highest BCUT2D eigenvalue weighted by molar-refractivity contribution is 6.06. The fourth-order valence-electron chi connectivity index (χ4n) is 4.13. The molecule has 4 rings (SSSR count). The number of para-hydroxylation sites is 1. The maximum absolute atomic E-state index is 12.8. The topological polar surface area (TPSA) is 72.9 Å². The predicted molar refractivity (Wildman–Crippen MR) is 139 cm³/mol.